The summed E-state index contributed by atoms with van der Waals surface area (Å²) in [5.74, 6) is 0.936. The van der Waals surface area contributed by atoms with Gasteiger partial charge in [-0.1, -0.05) is 97.1 Å². The average Bonchev–Trinajstić information content (AvgIpc) is 3.62. The quantitative estimate of drug-likeness (QED) is 0.215. The zero-order chi connectivity index (χ0) is 28.2. The Hall–Kier alpha value is -5.06. The van der Waals surface area contributed by atoms with Gasteiger partial charge in [0.1, 0.15) is 11.3 Å². The summed E-state index contributed by atoms with van der Waals surface area (Å²) in [6.07, 6.45) is 0. The van der Waals surface area contributed by atoms with Crippen LogP contribution in [0.3, 0.4) is 0 Å². The topological polar surface area (TPSA) is 30.7 Å². The van der Waals surface area contributed by atoms with E-state index >= 15 is 0 Å². The fourth-order valence-corrected chi connectivity index (χ4v) is 7.36. The highest BCUT2D eigenvalue weighted by molar-refractivity contribution is 7.26. The van der Waals surface area contributed by atoms with Crippen LogP contribution < -0.4 is 0 Å². The number of rotatable bonds is 4. The maximum atomic E-state index is 5.32. The first-order chi connectivity index (χ1) is 20.7. The lowest BCUT2D eigenvalue weighted by molar-refractivity contribution is 1.11. The molecule has 0 unspecified atom stereocenters. The van der Waals surface area contributed by atoms with Crippen molar-refractivity contribution in [3.8, 4) is 39.5 Å². The number of hydrogen-bond donors (Lipinski definition) is 0. The molecule has 3 aromatic heterocycles. The molecule has 0 saturated heterocycles. The smallest absolute Gasteiger partial charge is 0.147 e. The number of aromatic nitrogens is 3. The van der Waals surface area contributed by atoms with Crippen LogP contribution >= 0.6 is 11.3 Å². The molecule has 200 valence electrons. The third-order valence-electron chi connectivity index (χ3n) is 8.08. The Morgan fingerprint density at radius 2 is 1.31 bits per heavy atom. The van der Waals surface area contributed by atoms with E-state index in [9.17, 15) is 0 Å². The molecule has 0 spiro atoms. The van der Waals surface area contributed by atoms with Crippen LogP contribution in [0.2, 0.25) is 0 Å². The molecule has 0 aliphatic heterocycles. The van der Waals surface area contributed by atoms with E-state index in [-0.39, 0.29) is 0 Å². The third kappa shape index (κ3) is 3.95. The Labute approximate surface area is 248 Å². The molecular weight excluding hydrogens is 531 g/mol. The predicted octanol–water partition coefficient (Wildman–Crippen LogP) is 10.4. The van der Waals surface area contributed by atoms with Gasteiger partial charge >= 0.3 is 0 Å². The Morgan fingerprint density at radius 3 is 2.05 bits per heavy atom. The first-order valence-corrected chi connectivity index (χ1v) is 15.0. The lowest BCUT2D eigenvalue weighted by Crippen LogP contribution is -1.98. The monoisotopic (exact) mass is 557 g/mol. The number of pyridine rings is 1. The second-order valence-electron chi connectivity index (χ2n) is 10.7. The normalized spacial score (nSPS) is 11.6. The molecule has 0 N–H and O–H groups in total. The van der Waals surface area contributed by atoms with E-state index in [4.69, 9.17) is 9.97 Å². The van der Waals surface area contributed by atoms with Crippen LogP contribution in [0.15, 0.2) is 127 Å². The number of thiophene rings is 1. The van der Waals surface area contributed by atoms with Gasteiger partial charge in [-0.15, -0.1) is 11.3 Å². The van der Waals surface area contributed by atoms with Crippen LogP contribution in [-0.4, -0.2) is 14.5 Å². The van der Waals surface area contributed by atoms with Gasteiger partial charge in [0.25, 0.3) is 0 Å². The average molecular weight is 558 g/mol. The Bertz CT molecular complexity index is 2250. The van der Waals surface area contributed by atoms with E-state index in [1.165, 1.54) is 36.9 Å². The van der Waals surface area contributed by atoms with Crippen molar-refractivity contribution in [1.29, 1.82) is 0 Å². The molecule has 42 heavy (non-hydrogen) atoms. The van der Waals surface area contributed by atoms with Crippen molar-refractivity contribution in [2.45, 2.75) is 13.8 Å². The van der Waals surface area contributed by atoms with E-state index < -0.39 is 0 Å². The van der Waals surface area contributed by atoms with Gasteiger partial charge in [0.05, 0.1) is 16.9 Å². The first-order valence-electron chi connectivity index (χ1n) is 14.2. The van der Waals surface area contributed by atoms with Gasteiger partial charge in [-0.2, -0.15) is 0 Å². The molecule has 0 bridgehead atoms. The van der Waals surface area contributed by atoms with Crippen LogP contribution in [0, 0.1) is 13.8 Å². The summed E-state index contributed by atoms with van der Waals surface area (Å²) in [6, 6.07) is 45.1. The first kappa shape index (κ1) is 24.7. The summed E-state index contributed by atoms with van der Waals surface area (Å²) in [4.78, 5) is 10.3. The third-order valence-corrected chi connectivity index (χ3v) is 9.26. The number of nitrogens with zero attached hydrogens (tertiary/aromatic N) is 3. The fraction of sp³-hybridized carbons (Fsp3) is 0.0526. The molecule has 0 aliphatic rings. The van der Waals surface area contributed by atoms with Crippen molar-refractivity contribution in [3.05, 3.63) is 139 Å². The van der Waals surface area contributed by atoms with Gasteiger partial charge < -0.3 is 0 Å². The van der Waals surface area contributed by atoms with E-state index in [2.05, 4.69) is 140 Å². The lowest BCUT2D eigenvalue weighted by Gasteiger charge is -2.12. The summed E-state index contributed by atoms with van der Waals surface area (Å²) in [5.41, 5.74) is 10.9. The van der Waals surface area contributed by atoms with Gasteiger partial charge in [0.2, 0.25) is 0 Å². The SMILES string of the molecule is Cc1nc(-c2ccccc2)cc2c1nc(-c1ccc(C)c3c1sc1cc(-c4ccccc4)ccc13)n2-c1ccccc1. The molecule has 5 aromatic carbocycles. The molecule has 0 amide bonds. The maximum absolute atomic E-state index is 5.32. The van der Waals surface area contributed by atoms with Crippen LogP contribution in [0.4, 0.5) is 0 Å². The minimum Gasteiger partial charge on any atom is -0.292 e. The lowest BCUT2D eigenvalue weighted by atomic mass is 10.0. The second kappa shape index (κ2) is 9.79. The van der Waals surface area contributed by atoms with Crippen molar-refractivity contribution < 1.29 is 0 Å². The molecule has 0 atom stereocenters. The molecule has 8 rings (SSSR count). The van der Waals surface area contributed by atoms with E-state index in [0.717, 1.165) is 45.1 Å². The van der Waals surface area contributed by atoms with E-state index in [1.54, 1.807) is 0 Å². The molecule has 0 fully saturated rings. The van der Waals surface area contributed by atoms with Gasteiger partial charge in [0, 0.05) is 37.0 Å². The summed E-state index contributed by atoms with van der Waals surface area (Å²) < 4.78 is 4.85. The molecule has 0 aliphatic carbocycles. The highest BCUT2D eigenvalue weighted by Crippen LogP contribution is 2.44. The summed E-state index contributed by atoms with van der Waals surface area (Å²) in [5, 5.41) is 2.60. The van der Waals surface area contributed by atoms with Crippen LogP contribution in [0.5, 0.6) is 0 Å². The Balaban J connectivity index is 1.42. The maximum Gasteiger partial charge on any atom is 0.147 e. The number of fused-ring (bicyclic) bond motifs is 4. The standard InChI is InChI=1S/C38H27N3S/c1-24-18-20-31(37-35(24)30-21-19-28(22-34(30)42-37)26-12-6-3-7-13-26)38-40-36-25(2)39-32(27-14-8-4-9-15-27)23-33(36)41(38)29-16-10-5-11-17-29/h3-23H,1-2H3. The molecule has 0 saturated carbocycles. The van der Waals surface area contributed by atoms with Crippen LogP contribution in [-0.2, 0) is 0 Å². The van der Waals surface area contributed by atoms with Gasteiger partial charge in [-0.05, 0) is 60.9 Å². The van der Waals surface area contributed by atoms with Crippen LogP contribution in [0.1, 0.15) is 11.3 Å². The molecule has 4 heteroatoms. The minimum absolute atomic E-state index is 0.925. The highest BCUT2D eigenvalue weighted by Gasteiger charge is 2.22. The molecule has 3 heterocycles. The van der Waals surface area contributed by atoms with Crippen molar-refractivity contribution in [3.63, 3.8) is 0 Å². The van der Waals surface area contributed by atoms with Crippen LogP contribution in [0.25, 0.3) is 70.7 Å². The van der Waals surface area contributed by atoms with Gasteiger partial charge in [-0.3, -0.25) is 9.55 Å². The zero-order valence-electron chi connectivity index (χ0n) is 23.4. The summed E-state index contributed by atoms with van der Waals surface area (Å²) in [6.45, 7) is 4.28. The predicted molar refractivity (Wildman–Crippen MR) is 178 cm³/mol. The summed E-state index contributed by atoms with van der Waals surface area (Å²) in [7, 11) is 0. The molecule has 3 nitrogen and oxygen atoms in total. The number of hydrogen-bond acceptors (Lipinski definition) is 3. The molecular formula is C38H27N3S. The Morgan fingerprint density at radius 1 is 0.619 bits per heavy atom. The number of imidazole rings is 1. The van der Waals surface area contributed by atoms with Crippen molar-refractivity contribution in [2.75, 3.05) is 0 Å². The number of para-hydroxylation sites is 1. The highest BCUT2D eigenvalue weighted by atomic mass is 32.1. The minimum atomic E-state index is 0.925. The van der Waals surface area contributed by atoms with E-state index in [0.29, 0.717) is 0 Å². The van der Waals surface area contributed by atoms with Crippen molar-refractivity contribution >= 4 is 42.5 Å². The number of aryl methyl sites for hydroxylation is 2. The second-order valence-corrected chi connectivity index (χ2v) is 11.8. The van der Waals surface area contributed by atoms with Crippen molar-refractivity contribution in [1.82, 2.24) is 14.5 Å². The van der Waals surface area contributed by atoms with Gasteiger partial charge in [-0.25, -0.2) is 4.98 Å². The summed E-state index contributed by atoms with van der Waals surface area (Å²) >= 11 is 1.86. The Kier molecular flexibility index (Phi) is 5.76. The van der Waals surface area contributed by atoms with Crippen molar-refractivity contribution in [2.24, 2.45) is 0 Å². The largest absolute Gasteiger partial charge is 0.292 e. The van der Waals surface area contributed by atoms with Gasteiger partial charge in [0.15, 0.2) is 0 Å². The molecule has 8 aromatic rings. The van der Waals surface area contributed by atoms with E-state index in [1.807, 2.05) is 17.4 Å². The fourth-order valence-electron chi connectivity index (χ4n) is 6.04. The zero-order valence-corrected chi connectivity index (χ0v) is 24.2. The number of benzene rings is 5. The molecule has 0 radical (unpaired) electrons.